The second-order valence-corrected chi connectivity index (χ2v) is 19.5. The number of benzene rings is 2. The maximum atomic E-state index is 15.4. The van der Waals surface area contributed by atoms with E-state index in [0.717, 1.165) is 16.6 Å². The quantitative estimate of drug-likeness (QED) is 0.0935. The van der Waals surface area contributed by atoms with Crippen LogP contribution in [0, 0.1) is 11.6 Å². The van der Waals surface area contributed by atoms with Gasteiger partial charge in [0.1, 0.15) is 35.5 Å². The van der Waals surface area contributed by atoms with Gasteiger partial charge in [-0.25, -0.2) is 18.7 Å². The summed E-state index contributed by atoms with van der Waals surface area (Å²) < 4.78 is 55.8. The molecule has 0 aliphatic heterocycles. The highest BCUT2D eigenvalue weighted by Crippen LogP contribution is 2.36. The number of pyridine rings is 1. The van der Waals surface area contributed by atoms with E-state index in [2.05, 4.69) is 49.1 Å². The molecule has 0 spiro atoms. The number of hydrogen-bond donors (Lipinski definition) is 1. The highest BCUT2D eigenvalue weighted by molar-refractivity contribution is 7.84. The topological polar surface area (TPSA) is 104 Å². The molecule has 0 unspecified atom stereocenters. The van der Waals surface area contributed by atoms with Gasteiger partial charge < -0.3 is 14.5 Å². The Hall–Kier alpha value is -4.07. The second kappa shape index (κ2) is 15.0. The number of ether oxygens (including phenoxy) is 1. The Morgan fingerprint density at radius 3 is 2.42 bits per heavy atom. The van der Waals surface area contributed by atoms with E-state index in [1.54, 1.807) is 29.5 Å². The molecule has 1 N–H and O–H groups in total. The van der Waals surface area contributed by atoms with E-state index in [4.69, 9.17) is 19.2 Å². The molecule has 0 aliphatic rings. The van der Waals surface area contributed by atoms with E-state index in [1.165, 1.54) is 12.1 Å². The average Bonchev–Trinajstić information content (AvgIpc) is 3.40. The van der Waals surface area contributed by atoms with Crippen molar-refractivity contribution in [3.63, 3.8) is 0 Å². The third-order valence-corrected chi connectivity index (χ3v) is 14.0. The number of nitrogens with zero attached hydrogens (tertiary/aromatic N) is 5. The van der Waals surface area contributed by atoms with Crippen LogP contribution in [-0.2, 0) is 28.2 Å². The van der Waals surface area contributed by atoms with Crippen molar-refractivity contribution in [1.82, 2.24) is 24.7 Å². The summed E-state index contributed by atoms with van der Waals surface area (Å²) >= 11 is 0. The lowest BCUT2D eigenvalue weighted by atomic mass is 10.1. The molecule has 0 aliphatic carbocycles. The van der Waals surface area contributed by atoms with Crippen LogP contribution in [-0.4, -0.2) is 62.5 Å². The Morgan fingerprint density at radius 1 is 1.02 bits per heavy atom. The minimum atomic E-state index is -1.96. The largest absolute Gasteiger partial charge is 0.491 e. The number of anilines is 2. The highest BCUT2D eigenvalue weighted by atomic mass is 32.2. The molecule has 0 saturated carbocycles. The minimum Gasteiger partial charge on any atom is -0.491 e. The fourth-order valence-corrected chi connectivity index (χ4v) is 6.48. The monoisotopic (exact) mass is 692 g/mol. The minimum absolute atomic E-state index is 0.0517. The third kappa shape index (κ3) is 8.49. The van der Waals surface area contributed by atoms with Crippen molar-refractivity contribution in [3.8, 4) is 17.3 Å². The summed E-state index contributed by atoms with van der Waals surface area (Å²) in [6.07, 6.45) is 8.13. The normalized spacial score (nSPS) is 12.8. The first kappa shape index (κ1) is 35.2. The first-order chi connectivity index (χ1) is 22.8. The van der Waals surface area contributed by atoms with Crippen LogP contribution in [0.4, 0.5) is 20.3 Å². The van der Waals surface area contributed by atoms with Gasteiger partial charge in [-0.15, -0.1) is 0 Å². The first-order valence-corrected chi connectivity index (χ1v) is 20.5. The lowest BCUT2D eigenvalue weighted by Crippen LogP contribution is -2.41. The maximum absolute atomic E-state index is 15.4. The van der Waals surface area contributed by atoms with E-state index >= 15 is 8.78 Å². The molecule has 5 aromatic rings. The molecule has 9 nitrogen and oxygen atoms in total. The van der Waals surface area contributed by atoms with E-state index in [1.807, 2.05) is 36.4 Å². The summed E-state index contributed by atoms with van der Waals surface area (Å²) in [7, 11) is -2.87. The smallest absolute Gasteiger partial charge is 0.192 e. The van der Waals surface area contributed by atoms with Gasteiger partial charge in [-0.1, -0.05) is 39.0 Å². The van der Waals surface area contributed by atoms with Crippen LogP contribution < -0.4 is 10.1 Å². The molecule has 3 aromatic heterocycles. The molecule has 0 radical (unpaired) electrons. The van der Waals surface area contributed by atoms with Gasteiger partial charge >= 0.3 is 0 Å². The molecule has 13 heteroatoms. The molecule has 254 valence electrons. The van der Waals surface area contributed by atoms with Crippen LogP contribution in [0.1, 0.15) is 38.3 Å². The van der Waals surface area contributed by atoms with Crippen LogP contribution in [0.25, 0.3) is 22.4 Å². The molecule has 2 aromatic carbocycles. The molecule has 0 bridgehead atoms. The number of aryl methyl sites for hydroxylation is 1. The van der Waals surface area contributed by atoms with Gasteiger partial charge in [-0.2, -0.15) is 5.10 Å². The van der Waals surface area contributed by atoms with Gasteiger partial charge in [0.05, 0.1) is 18.7 Å². The summed E-state index contributed by atoms with van der Waals surface area (Å²) in [5, 5.41) is 8.90. The van der Waals surface area contributed by atoms with Crippen molar-refractivity contribution in [2.24, 2.45) is 0 Å². The zero-order valence-corrected chi connectivity index (χ0v) is 30.0. The second-order valence-electron chi connectivity index (χ2n) is 13.2. The SMILES string of the molecule is C[S@@](=O)CCCc1cnc(-c2nn(Cc3c(F)cc(OCCO[Si](C)(C)C(C)(C)C)cc3F)c3ccccc23)nc1Nc1ccncc1. The van der Waals surface area contributed by atoms with Crippen LogP contribution >= 0.6 is 0 Å². The number of aromatic nitrogens is 5. The Balaban J connectivity index is 1.40. The average molecular weight is 693 g/mol. The molecular formula is C35H42F2N6O3SSi. The molecule has 0 fully saturated rings. The van der Waals surface area contributed by atoms with Gasteiger partial charge in [-0.05, 0) is 49.2 Å². The number of halogens is 2. The number of fused-ring (bicyclic) bond motifs is 1. The Morgan fingerprint density at radius 2 is 1.73 bits per heavy atom. The molecule has 5 rings (SSSR count). The van der Waals surface area contributed by atoms with E-state index in [-0.39, 0.29) is 29.5 Å². The summed E-state index contributed by atoms with van der Waals surface area (Å²) in [6.45, 7) is 11.1. The molecule has 0 amide bonds. The van der Waals surface area contributed by atoms with E-state index < -0.39 is 30.8 Å². The predicted molar refractivity (Wildman–Crippen MR) is 190 cm³/mol. The van der Waals surface area contributed by atoms with Crippen LogP contribution in [0.15, 0.2) is 67.1 Å². The van der Waals surface area contributed by atoms with Gasteiger partial charge in [-0.3, -0.25) is 13.9 Å². The highest BCUT2D eigenvalue weighted by Gasteiger charge is 2.37. The first-order valence-electron chi connectivity index (χ1n) is 15.9. The van der Waals surface area contributed by atoms with Crippen molar-refractivity contribution in [2.75, 3.05) is 30.5 Å². The fourth-order valence-electron chi connectivity index (χ4n) is 4.90. The van der Waals surface area contributed by atoms with Crippen molar-refractivity contribution < 1.29 is 22.2 Å². The molecular weight excluding hydrogens is 651 g/mol. The van der Waals surface area contributed by atoms with E-state index in [9.17, 15) is 4.21 Å². The van der Waals surface area contributed by atoms with Gasteiger partial charge in [0.25, 0.3) is 0 Å². The van der Waals surface area contributed by atoms with Crippen molar-refractivity contribution in [2.45, 2.75) is 58.3 Å². The lowest BCUT2D eigenvalue weighted by Gasteiger charge is -2.36. The summed E-state index contributed by atoms with van der Waals surface area (Å²) in [4.78, 5) is 13.6. The van der Waals surface area contributed by atoms with Crippen LogP contribution in [0.3, 0.4) is 0 Å². The van der Waals surface area contributed by atoms with Crippen molar-refractivity contribution in [1.29, 1.82) is 0 Å². The fraction of sp³-hybridized carbons (Fsp3) is 0.371. The molecule has 0 saturated heterocycles. The third-order valence-electron chi connectivity index (χ3n) is 8.60. The Labute approximate surface area is 283 Å². The maximum Gasteiger partial charge on any atom is 0.192 e. The number of hydrogen-bond acceptors (Lipinski definition) is 8. The van der Waals surface area contributed by atoms with Crippen LogP contribution in [0.5, 0.6) is 5.75 Å². The van der Waals surface area contributed by atoms with Crippen molar-refractivity contribution in [3.05, 3.63) is 89.9 Å². The molecule has 1 atom stereocenters. The molecule has 48 heavy (non-hydrogen) atoms. The summed E-state index contributed by atoms with van der Waals surface area (Å²) in [6, 6.07) is 13.5. The number of nitrogens with one attached hydrogen (secondary N) is 1. The number of para-hydroxylation sites is 1. The Kier molecular flexibility index (Phi) is 11.0. The number of rotatable bonds is 14. The molecule has 3 heterocycles. The summed E-state index contributed by atoms with van der Waals surface area (Å²) in [5.74, 6) is 0.162. The summed E-state index contributed by atoms with van der Waals surface area (Å²) in [5.41, 5.74) is 2.68. The zero-order chi connectivity index (χ0) is 34.5. The van der Waals surface area contributed by atoms with Crippen molar-refractivity contribution >= 4 is 41.5 Å². The van der Waals surface area contributed by atoms with Gasteiger partial charge in [0.15, 0.2) is 14.1 Å². The predicted octanol–water partition coefficient (Wildman–Crippen LogP) is 7.67. The standard InChI is InChI=1S/C35H42F2N6O3SSi/c1-35(2,3)48(5,6)46-18-17-45-26-20-29(36)28(30(37)21-26)23-43-31-12-8-7-11-27(31)32(42-43)34-39-22-24(10-9-19-47(4)44)33(41-34)40-25-13-15-38-16-14-25/h7-8,11-16,20-22H,9-10,17-19,23H2,1-6H3,(H,38,39,40,41)/t47-/m1/s1. The van der Waals surface area contributed by atoms with Crippen LogP contribution in [0.2, 0.25) is 18.1 Å². The van der Waals surface area contributed by atoms with E-state index in [0.29, 0.717) is 48.1 Å². The van der Waals surface area contributed by atoms with Gasteiger partial charge in [0.2, 0.25) is 0 Å². The Bertz CT molecular complexity index is 1880. The lowest BCUT2D eigenvalue weighted by molar-refractivity contribution is 0.202. The van der Waals surface area contributed by atoms with Gasteiger partial charge in [0, 0.05) is 75.7 Å². The zero-order valence-electron chi connectivity index (χ0n) is 28.2.